The van der Waals surface area contributed by atoms with E-state index in [2.05, 4.69) is 10.3 Å². The lowest BCUT2D eigenvalue weighted by atomic mass is 10.1. The fourth-order valence-electron chi connectivity index (χ4n) is 2.67. The van der Waals surface area contributed by atoms with Gasteiger partial charge in [0.15, 0.2) is 11.5 Å². The number of nitrogens with zero attached hydrogens (tertiary/aromatic N) is 2. The Hall–Kier alpha value is -3.49. The molecule has 1 heterocycles. The first-order valence-electron chi connectivity index (χ1n) is 7.87. The number of hydrogen-bond donors (Lipinski definition) is 2. The van der Waals surface area contributed by atoms with E-state index in [0.717, 1.165) is 18.9 Å². The first-order chi connectivity index (χ1) is 12.4. The zero-order valence-electron chi connectivity index (χ0n) is 13.4. The van der Waals surface area contributed by atoms with Gasteiger partial charge in [0.1, 0.15) is 17.0 Å². The highest BCUT2D eigenvalue weighted by Crippen LogP contribution is 2.40. The van der Waals surface area contributed by atoms with Gasteiger partial charge in [-0.3, -0.25) is 14.9 Å². The number of amides is 1. The lowest BCUT2D eigenvalue weighted by Gasteiger charge is -2.08. The van der Waals surface area contributed by atoms with E-state index < -0.39 is 28.0 Å². The van der Waals surface area contributed by atoms with Crippen LogP contribution in [0.2, 0.25) is 0 Å². The summed E-state index contributed by atoms with van der Waals surface area (Å²) >= 11 is 0. The van der Waals surface area contributed by atoms with Crippen LogP contribution < -0.4 is 11.1 Å². The molecule has 3 N–H and O–H groups in total. The molecule has 0 radical (unpaired) electrons. The highest BCUT2D eigenvalue weighted by Gasteiger charge is 2.29. The van der Waals surface area contributed by atoms with Crippen molar-refractivity contribution < 1.29 is 18.5 Å². The summed E-state index contributed by atoms with van der Waals surface area (Å²) in [4.78, 5) is 26.9. The van der Waals surface area contributed by atoms with Crippen molar-refractivity contribution in [2.24, 2.45) is 0 Å². The van der Waals surface area contributed by atoms with E-state index in [1.54, 1.807) is 18.2 Å². The smallest absolute Gasteiger partial charge is 0.295 e. The van der Waals surface area contributed by atoms with Crippen molar-refractivity contribution in [3.63, 3.8) is 0 Å². The molecule has 1 saturated carbocycles. The van der Waals surface area contributed by atoms with Gasteiger partial charge >= 0.3 is 0 Å². The number of hydrogen-bond acceptors (Lipinski definition) is 6. The number of carbonyl (C=O) groups excluding carboxylic acids is 1. The number of carbonyl (C=O) groups is 1. The Morgan fingerprint density at radius 1 is 1.35 bits per heavy atom. The molecule has 9 heteroatoms. The minimum atomic E-state index is -0.919. The van der Waals surface area contributed by atoms with E-state index >= 15 is 0 Å². The number of rotatable bonds is 4. The predicted molar refractivity (Wildman–Crippen MR) is 91.4 cm³/mol. The van der Waals surface area contributed by atoms with Crippen molar-refractivity contribution >= 4 is 34.1 Å². The van der Waals surface area contributed by atoms with E-state index in [4.69, 9.17) is 10.2 Å². The lowest BCUT2D eigenvalue weighted by Crippen LogP contribution is -2.15. The number of oxazole rings is 1. The number of benzene rings is 2. The van der Waals surface area contributed by atoms with Crippen LogP contribution in [0, 0.1) is 15.9 Å². The van der Waals surface area contributed by atoms with Crippen molar-refractivity contribution in [3.05, 3.63) is 57.7 Å². The molecule has 1 aliphatic rings. The topological polar surface area (TPSA) is 124 Å². The van der Waals surface area contributed by atoms with Crippen molar-refractivity contribution in [2.45, 2.75) is 18.8 Å². The van der Waals surface area contributed by atoms with Crippen LogP contribution in [0.5, 0.6) is 0 Å². The van der Waals surface area contributed by atoms with Gasteiger partial charge in [0.05, 0.1) is 16.6 Å². The minimum Gasteiger partial charge on any atom is -0.440 e. The zero-order chi connectivity index (χ0) is 18.4. The summed E-state index contributed by atoms with van der Waals surface area (Å²) in [6, 6.07) is 6.42. The minimum absolute atomic E-state index is 0.310. The Morgan fingerprint density at radius 2 is 2.12 bits per heavy atom. The molecule has 0 spiro atoms. The summed E-state index contributed by atoms with van der Waals surface area (Å²) in [5.41, 5.74) is 5.87. The average Bonchev–Trinajstić information content (AvgIpc) is 3.36. The van der Waals surface area contributed by atoms with Crippen molar-refractivity contribution in [1.82, 2.24) is 4.98 Å². The molecule has 1 aromatic heterocycles. The van der Waals surface area contributed by atoms with E-state index in [1.807, 2.05) is 0 Å². The molecule has 0 atom stereocenters. The van der Waals surface area contributed by atoms with Crippen molar-refractivity contribution in [1.29, 1.82) is 0 Å². The van der Waals surface area contributed by atoms with Gasteiger partial charge in [-0.1, -0.05) is 0 Å². The Labute approximate surface area is 146 Å². The standard InChI is InChI=1S/C17H13FN4O4/c18-9-5-11(15(19)13(6-9)22(24)25)16(23)20-10-3-4-14-12(7-10)21-17(26-14)8-1-2-8/h3-8H,1-2,19H2,(H,20,23). The number of nitrogens with two attached hydrogens (primary N) is 1. The third kappa shape index (κ3) is 2.83. The van der Waals surface area contributed by atoms with Crippen LogP contribution in [-0.2, 0) is 0 Å². The Bertz CT molecular complexity index is 1060. The monoisotopic (exact) mass is 356 g/mol. The first-order valence-corrected chi connectivity index (χ1v) is 7.87. The first kappa shape index (κ1) is 16.0. The zero-order valence-corrected chi connectivity index (χ0v) is 13.4. The summed E-state index contributed by atoms with van der Waals surface area (Å²) < 4.78 is 19.2. The number of nitro groups is 1. The number of halogens is 1. The van der Waals surface area contributed by atoms with Crippen LogP contribution in [0.15, 0.2) is 34.7 Å². The molecular formula is C17H13FN4O4. The maximum Gasteiger partial charge on any atom is 0.295 e. The number of nitrogen functional groups attached to an aromatic ring is 1. The van der Waals surface area contributed by atoms with Gasteiger partial charge in [0.25, 0.3) is 11.6 Å². The van der Waals surface area contributed by atoms with Crippen molar-refractivity contribution in [3.8, 4) is 0 Å². The molecule has 0 unspecified atom stereocenters. The second-order valence-corrected chi connectivity index (χ2v) is 6.11. The largest absolute Gasteiger partial charge is 0.440 e. The van der Waals surface area contributed by atoms with Gasteiger partial charge in [-0.15, -0.1) is 0 Å². The third-order valence-corrected chi connectivity index (χ3v) is 4.15. The number of nitro benzene ring substituents is 1. The molecule has 1 fully saturated rings. The van der Waals surface area contributed by atoms with Crippen LogP contribution in [0.1, 0.15) is 35.0 Å². The fraction of sp³-hybridized carbons (Fsp3) is 0.176. The van der Waals surface area contributed by atoms with Crippen LogP contribution >= 0.6 is 0 Å². The molecule has 0 aliphatic heterocycles. The van der Waals surface area contributed by atoms with Crippen LogP contribution in [-0.4, -0.2) is 15.8 Å². The highest BCUT2D eigenvalue weighted by atomic mass is 19.1. The van der Waals surface area contributed by atoms with Gasteiger partial charge < -0.3 is 15.5 Å². The predicted octanol–water partition coefficient (Wildman–Crippen LogP) is 3.59. The van der Waals surface area contributed by atoms with E-state index in [1.165, 1.54) is 0 Å². The summed E-state index contributed by atoms with van der Waals surface area (Å²) in [5.74, 6) is -0.644. The number of anilines is 2. The SMILES string of the molecule is Nc1c(C(=O)Nc2ccc3oc(C4CC4)nc3c2)cc(F)cc1[N+](=O)[O-]. The van der Waals surface area contributed by atoms with Gasteiger partial charge in [-0.25, -0.2) is 9.37 Å². The maximum absolute atomic E-state index is 13.6. The molecule has 26 heavy (non-hydrogen) atoms. The van der Waals surface area contributed by atoms with Crippen LogP contribution in [0.4, 0.5) is 21.5 Å². The molecule has 4 rings (SSSR count). The number of nitrogens with one attached hydrogen (secondary N) is 1. The number of fused-ring (bicyclic) bond motifs is 1. The van der Waals surface area contributed by atoms with Crippen LogP contribution in [0.25, 0.3) is 11.1 Å². The summed E-state index contributed by atoms with van der Waals surface area (Å²) in [6.07, 6.45) is 2.10. The van der Waals surface area contributed by atoms with E-state index in [0.29, 0.717) is 34.7 Å². The summed E-state index contributed by atoms with van der Waals surface area (Å²) in [7, 11) is 0. The molecule has 1 amide bonds. The molecule has 8 nitrogen and oxygen atoms in total. The highest BCUT2D eigenvalue weighted by molar-refractivity contribution is 6.09. The molecule has 2 aromatic carbocycles. The Balaban J connectivity index is 1.63. The van der Waals surface area contributed by atoms with Crippen LogP contribution in [0.3, 0.4) is 0 Å². The third-order valence-electron chi connectivity index (χ3n) is 4.15. The molecular weight excluding hydrogens is 343 g/mol. The van der Waals surface area contributed by atoms with Crippen molar-refractivity contribution in [2.75, 3.05) is 11.1 Å². The summed E-state index contributed by atoms with van der Waals surface area (Å²) in [5, 5.41) is 13.5. The molecule has 0 bridgehead atoms. The van der Waals surface area contributed by atoms with Gasteiger partial charge in [-0.05, 0) is 37.1 Å². The Morgan fingerprint density at radius 3 is 2.81 bits per heavy atom. The van der Waals surface area contributed by atoms with E-state index in [9.17, 15) is 19.3 Å². The summed E-state index contributed by atoms with van der Waals surface area (Å²) in [6.45, 7) is 0. The molecule has 132 valence electrons. The lowest BCUT2D eigenvalue weighted by molar-refractivity contribution is -0.384. The average molecular weight is 356 g/mol. The second-order valence-electron chi connectivity index (χ2n) is 6.11. The normalized spacial score (nSPS) is 13.7. The van der Waals surface area contributed by atoms with Gasteiger partial charge in [-0.2, -0.15) is 0 Å². The molecule has 0 saturated heterocycles. The molecule has 3 aromatic rings. The second kappa shape index (κ2) is 5.80. The fourth-order valence-corrected chi connectivity index (χ4v) is 2.67. The quantitative estimate of drug-likeness (QED) is 0.418. The molecule has 1 aliphatic carbocycles. The van der Waals surface area contributed by atoms with Gasteiger partial charge in [0, 0.05) is 11.6 Å². The number of aromatic nitrogens is 1. The maximum atomic E-state index is 13.6. The Kier molecular flexibility index (Phi) is 3.57. The van der Waals surface area contributed by atoms with Gasteiger partial charge in [0.2, 0.25) is 0 Å². The van der Waals surface area contributed by atoms with E-state index in [-0.39, 0.29) is 5.56 Å².